The second-order valence-corrected chi connectivity index (χ2v) is 3.12. The van der Waals surface area contributed by atoms with E-state index in [1.54, 1.807) is 17.1 Å². The zero-order valence-corrected chi connectivity index (χ0v) is 8.01. The van der Waals surface area contributed by atoms with Gasteiger partial charge in [0.05, 0.1) is 23.8 Å². The van der Waals surface area contributed by atoms with Crippen LogP contribution in [0.15, 0.2) is 30.9 Å². The molecule has 0 amide bonds. The molecule has 2 N–H and O–H groups in total. The fourth-order valence-corrected chi connectivity index (χ4v) is 1.25. The molecule has 0 saturated heterocycles. The molecule has 2 aromatic heterocycles. The molecular formula is C10H12N4. The Hall–Kier alpha value is -1.84. The maximum atomic E-state index is 5.63. The van der Waals surface area contributed by atoms with E-state index in [0.717, 1.165) is 12.1 Å². The van der Waals surface area contributed by atoms with E-state index >= 15 is 0 Å². The lowest BCUT2D eigenvalue weighted by atomic mass is 10.3. The van der Waals surface area contributed by atoms with E-state index in [1.807, 2.05) is 18.5 Å². The Morgan fingerprint density at radius 1 is 1.36 bits per heavy atom. The van der Waals surface area contributed by atoms with Gasteiger partial charge in [0.25, 0.3) is 0 Å². The Labute approximate surface area is 82.4 Å². The number of rotatable bonds is 2. The molecule has 0 spiro atoms. The summed E-state index contributed by atoms with van der Waals surface area (Å²) in [6.45, 7) is 2.10. The third-order valence-corrected chi connectivity index (χ3v) is 2.05. The van der Waals surface area contributed by atoms with Crippen LogP contribution >= 0.6 is 0 Å². The van der Waals surface area contributed by atoms with Gasteiger partial charge in [0.2, 0.25) is 0 Å². The van der Waals surface area contributed by atoms with Crippen molar-refractivity contribution < 1.29 is 0 Å². The summed E-state index contributed by atoms with van der Waals surface area (Å²) in [7, 11) is 0. The lowest BCUT2D eigenvalue weighted by molar-refractivity contribution is 0.874. The van der Waals surface area contributed by atoms with Crippen molar-refractivity contribution in [3.63, 3.8) is 0 Å². The van der Waals surface area contributed by atoms with Crippen LogP contribution in [0.2, 0.25) is 0 Å². The summed E-state index contributed by atoms with van der Waals surface area (Å²) in [5.74, 6) is 0. The predicted octanol–water partition coefficient (Wildman–Crippen LogP) is 1.41. The van der Waals surface area contributed by atoms with Crippen LogP contribution in [0.25, 0.3) is 5.69 Å². The van der Waals surface area contributed by atoms with Crippen LogP contribution in [0.4, 0.5) is 5.69 Å². The minimum absolute atomic E-state index is 0.649. The van der Waals surface area contributed by atoms with Crippen LogP contribution in [0.1, 0.15) is 12.5 Å². The molecule has 2 heterocycles. The highest BCUT2D eigenvalue weighted by Crippen LogP contribution is 2.10. The minimum Gasteiger partial charge on any atom is -0.397 e. The molecule has 4 heteroatoms. The number of nitrogens with two attached hydrogens (primary N) is 1. The van der Waals surface area contributed by atoms with Gasteiger partial charge in [0.1, 0.15) is 0 Å². The number of hydrogen-bond acceptors (Lipinski definition) is 3. The Kier molecular flexibility index (Phi) is 2.18. The van der Waals surface area contributed by atoms with Crippen molar-refractivity contribution in [1.29, 1.82) is 0 Å². The smallest absolute Gasteiger partial charge is 0.0849 e. The molecular weight excluding hydrogens is 176 g/mol. The van der Waals surface area contributed by atoms with E-state index in [0.29, 0.717) is 5.69 Å². The van der Waals surface area contributed by atoms with E-state index in [1.165, 1.54) is 5.56 Å². The molecule has 2 aromatic rings. The third-order valence-electron chi connectivity index (χ3n) is 2.05. The van der Waals surface area contributed by atoms with Gasteiger partial charge in [0.15, 0.2) is 0 Å². The van der Waals surface area contributed by atoms with Crippen LogP contribution < -0.4 is 5.73 Å². The van der Waals surface area contributed by atoms with E-state index in [9.17, 15) is 0 Å². The molecule has 0 aliphatic rings. The van der Waals surface area contributed by atoms with E-state index in [4.69, 9.17) is 5.73 Å². The number of pyridine rings is 1. The molecule has 0 radical (unpaired) electrons. The van der Waals surface area contributed by atoms with Gasteiger partial charge in [-0.3, -0.25) is 4.98 Å². The van der Waals surface area contributed by atoms with Gasteiger partial charge >= 0.3 is 0 Å². The Morgan fingerprint density at radius 2 is 2.21 bits per heavy atom. The van der Waals surface area contributed by atoms with Gasteiger partial charge in [-0.2, -0.15) is 5.10 Å². The predicted molar refractivity (Wildman–Crippen MR) is 55.1 cm³/mol. The van der Waals surface area contributed by atoms with Crippen molar-refractivity contribution >= 4 is 5.69 Å². The second-order valence-electron chi connectivity index (χ2n) is 3.12. The van der Waals surface area contributed by atoms with Crippen molar-refractivity contribution in [1.82, 2.24) is 14.8 Å². The monoisotopic (exact) mass is 188 g/mol. The van der Waals surface area contributed by atoms with Crippen LogP contribution in [0, 0.1) is 0 Å². The van der Waals surface area contributed by atoms with Gasteiger partial charge in [0, 0.05) is 12.4 Å². The second kappa shape index (κ2) is 3.49. The molecule has 0 atom stereocenters. The summed E-state index contributed by atoms with van der Waals surface area (Å²) >= 11 is 0. The molecule has 2 rings (SSSR count). The Morgan fingerprint density at radius 3 is 2.86 bits per heavy atom. The lowest BCUT2D eigenvalue weighted by Gasteiger charge is -2.00. The fraction of sp³-hybridized carbons (Fsp3) is 0.200. The van der Waals surface area contributed by atoms with Crippen LogP contribution in [-0.2, 0) is 6.42 Å². The number of hydrogen-bond donors (Lipinski definition) is 1. The maximum absolute atomic E-state index is 5.63. The molecule has 14 heavy (non-hydrogen) atoms. The topological polar surface area (TPSA) is 56.7 Å². The molecule has 72 valence electrons. The number of aryl methyl sites for hydroxylation is 1. The first kappa shape index (κ1) is 8.74. The summed E-state index contributed by atoms with van der Waals surface area (Å²) in [6, 6.07) is 1.85. The van der Waals surface area contributed by atoms with Crippen LogP contribution in [0.5, 0.6) is 0 Å². The minimum atomic E-state index is 0.649. The van der Waals surface area contributed by atoms with Crippen LogP contribution in [-0.4, -0.2) is 14.8 Å². The molecule has 0 aliphatic heterocycles. The van der Waals surface area contributed by atoms with Gasteiger partial charge in [-0.1, -0.05) is 6.92 Å². The zero-order chi connectivity index (χ0) is 9.97. The highest BCUT2D eigenvalue weighted by molar-refractivity contribution is 5.43. The first-order valence-electron chi connectivity index (χ1n) is 4.54. The standard InChI is InChI=1S/C10H12N4/c1-2-8-4-13-14(7-8)10-3-9(11)5-12-6-10/h3-7H,2,11H2,1H3. The normalized spacial score (nSPS) is 10.4. The van der Waals surface area contributed by atoms with Gasteiger partial charge in [-0.15, -0.1) is 0 Å². The highest BCUT2D eigenvalue weighted by Gasteiger charge is 1.99. The molecule has 0 bridgehead atoms. The summed E-state index contributed by atoms with van der Waals surface area (Å²) in [6.07, 6.45) is 8.17. The first-order valence-corrected chi connectivity index (χ1v) is 4.54. The number of anilines is 1. The Balaban J connectivity index is 2.39. The summed E-state index contributed by atoms with van der Waals surface area (Å²) in [4.78, 5) is 4.01. The molecule has 0 fully saturated rings. The van der Waals surface area contributed by atoms with Crippen molar-refractivity contribution in [3.05, 3.63) is 36.4 Å². The summed E-state index contributed by atoms with van der Waals surface area (Å²) in [5.41, 5.74) is 8.38. The lowest BCUT2D eigenvalue weighted by Crippen LogP contribution is -1.96. The first-order chi connectivity index (χ1) is 6.79. The molecule has 0 aliphatic carbocycles. The average Bonchev–Trinajstić information content (AvgIpc) is 2.66. The summed E-state index contributed by atoms with van der Waals surface area (Å²) < 4.78 is 1.78. The summed E-state index contributed by atoms with van der Waals surface area (Å²) in [5, 5.41) is 4.22. The molecule has 0 unspecified atom stereocenters. The van der Waals surface area contributed by atoms with Gasteiger partial charge < -0.3 is 5.73 Å². The van der Waals surface area contributed by atoms with E-state index in [2.05, 4.69) is 17.0 Å². The van der Waals surface area contributed by atoms with Gasteiger partial charge in [-0.05, 0) is 18.1 Å². The zero-order valence-electron chi connectivity index (χ0n) is 8.01. The SMILES string of the molecule is CCc1cnn(-c2cncc(N)c2)c1. The highest BCUT2D eigenvalue weighted by atomic mass is 15.3. The number of nitrogen functional groups attached to an aromatic ring is 1. The molecule has 0 aromatic carbocycles. The number of aromatic nitrogens is 3. The quantitative estimate of drug-likeness (QED) is 0.775. The largest absolute Gasteiger partial charge is 0.397 e. The van der Waals surface area contributed by atoms with E-state index in [-0.39, 0.29) is 0 Å². The maximum Gasteiger partial charge on any atom is 0.0849 e. The average molecular weight is 188 g/mol. The Bertz CT molecular complexity index is 433. The van der Waals surface area contributed by atoms with Crippen molar-refractivity contribution in [2.45, 2.75) is 13.3 Å². The molecule has 4 nitrogen and oxygen atoms in total. The van der Waals surface area contributed by atoms with Crippen molar-refractivity contribution in [3.8, 4) is 5.69 Å². The van der Waals surface area contributed by atoms with Crippen molar-refractivity contribution in [2.75, 3.05) is 5.73 Å². The number of nitrogens with zero attached hydrogens (tertiary/aromatic N) is 3. The van der Waals surface area contributed by atoms with Crippen molar-refractivity contribution in [2.24, 2.45) is 0 Å². The van der Waals surface area contributed by atoms with Gasteiger partial charge in [-0.25, -0.2) is 4.68 Å². The molecule has 0 saturated carbocycles. The van der Waals surface area contributed by atoms with Crippen LogP contribution in [0.3, 0.4) is 0 Å². The van der Waals surface area contributed by atoms with E-state index < -0.39 is 0 Å². The fourth-order valence-electron chi connectivity index (χ4n) is 1.25. The third kappa shape index (κ3) is 1.59.